The van der Waals surface area contributed by atoms with Gasteiger partial charge in [0.25, 0.3) is 0 Å². The van der Waals surface area contributed by atoms with Crippen molar-refractivity contribution in [3.05, 3.63) is 12.2 Å². The number of hydrogen-bond donors (Lipinski definition) is 0. The third-order valence-corrected chi connectivity index (χ3v) is 6.19. The molecular formula is C24H40O6. The van der Waals surface area contributed by atoms with Crippen molar-refractivity contribution in [1.29, 1.82) is 0 Å². The Labute approximate surface area is 181 Å². The Kier molecular flexibility index (Phi) is 9.35. The third-order valence-electron chi connectivity index (χ3n) is 6.19. The van der Waals surface area contributed by atoms with Crippen LogP contribution in [-0.4, -0.2) is 44.2 Å². The molecule has 0 aromatic heterocycles. The molecular weight excluding hydrogens is 384 g/mol. The fraction of sp³-hybridized carbons (Fsp3) is 0.833. The van der Waals surface area contributed by atoms with Crippen molar-refractivity contribution in [3.8, 4) is 0 Å². The van der Waals surface area contributed by atoms with Gasteiger partial charge in [-0.05, 0) is 51.4 Å². The number of hydrogen-bond acceptors (Lipinski definition) is 6. The molecule has 1 heterocycles. The number of unbranched alkanes of at least 4 members (excludes halogenated alkanes) is 1. The van der Waals surface area contributed by atoms with E-state index in [9.17, 15) is 9.59 Å². The van der Waals surface area contributed by atoms with Crippen molar-refractivity contribution in [2.45, 2.75) is 92.0 Å². The second kappa shape index (κ2) is 11.3. The zero-order valence-electron chi connectivity index (χ0n) is 19.4. The Hall–Kier alpha value is -1.40. The molecule has 3 atom stereocenters. The van der Waals surface area contributed by atoms with Gasteiger partial charge in [0.15, 0.2) is 11.7 Å². The summed E-state index contributed by atoms with van der Waals surface area (Å²) in [6, 6.07) is 0. The Morgan fingerprint density at radius 2 is 1.80 bits per heavy atom. The molecule has 1 saturated heterocycles. The van der Waals surface area contributed by atoms with E-state index in [1.165, 1.54) is 0 Å². The first-order valence-corrected chi connectivity index (χ1v) is 11.6. The monoisotopic (exact) mass is 424 g/mol. The van der Waals surface area contributed by atoms with Crippen LogP contribution in [0.15, 0.2) is 12.2 Å². The summed E-state index contributed by atoms with van der Waals surface area (Å²) >= 11 is 0. The van der Waals surface area contributed by atoms with Crippen LogP contribution < -0.4 is 0 Å². The summed E-state index contributed by atoms with van der Waals surface area (Å²) in [5.41, 5.74) is -1.29. The van der Waals surface area contributed by atoms with E-state index in [1.807, 2.05) is 12.2 Å². The standard InChI is InChI=1S/C24H40O6/c1-6-9-15-23(4,5)19(30-20-12-10-11-16-29-20)14-13-18-17-24(18,21(25)27-7-2)22(26)28-8-3/h13-14,18-20H,6-12,15-17H2,1-5H3/b14-13+. The summed E-state index contributed by atoms with van der Waals surface area (Å²) < 4.78 is 22.6. The molecule has 2 rings (SSSR count). The number of esters is 2. The minimum absolute atomic E-state index is 0.0846. The maximum atomic E-state index is 12.5. The highest BCUT2D eigenvalue weighted by molar-refractivity contribution is 6.04. The van der Waals surface area contributed by atoms with Gasteiger partial charge in [0.1, 0.15) is 0 Å². The number of ether oxygens (including phenoxy) is 4. The van der Waals surface area contributed by atoms with Crippen molar-refractivity contribution in [1.82, 2.24) is 0 Å². The predicted octanol–water partition coefficient (Wildman–Crippen LogP) is 4.80. The minimum Gasteiger partial charge on any atom is -0.465 e. The Bertz CT molecular complexity index is 573. The summed E-state index contributed by atoms with van der Waals surface area (Å²) in [5.74, 6) is -1.20. The smallest absolute Gasteiger partial charge is 0.324 e. The van der Waals surface area contributed by atoms with Gasteiger partial charge in [0.2, 0.25) is 0 Å². The maximum absolute atomic E-state index is 12.5. The van der Waals surface area contributed by atoms with Crippen LogP contribution in [0, 0.1) is 16.7 Å². The van der Waals surface area contributed by atoms with Gasteiger partial charge < -0.3 is 18.9 Å². The quantitative estimate of drug-likeness (QED) is 0.254. The molecule has 1 aliphatic carbocycles. The molecule has 0 spiro atoms. The average molecular weight is 425 g/mol. The first kappa shape index (κ1) is 24.9. The van der Waals surface area contributed by atoms with Gasteiger partial charge in [-0.15, -0.1) is 0 Å². The normalized spacial score (nSPS) is 24.4. The second-order valence-corrected chi connectivity index (χ2v) is 9.05. The highest BCUT2D eigenvalue weighted by Gasteiger charge is 2.67. The molecule has 1 aliphatic heterocycles. The Morgan fingerprint density at radius 1 is 1.13 bits per heavy atom. The van der Waals surface area contributed by atoms with E-state index in [0.717, 1.165) is 45.1 Å². The first-order valence-electron chi connectivity index (χ1n) is 11.6. The molecule has 6 nitrogen and oxygen atoms in total. The summed E-state index contributed by atoms with van der Waals surface area (Å²) in [4.78, 5) is 25.1. The van der Waals surface area contributed by atoms with E-state index in [-0.39, 0.29) is 36.9 Å². The molecule has 0 radical (unpaired) electrons. The van der Waals surface area contributed by atoms with Gasteiger partial charge in [-0.3, -0.25) is 9.59 Å². The van der Waals surface area contributed by atoms with Crippen molar-refractivity contribution in [2.24, 2.45) is 16.7 Å². The van der Waals surface area contributed by atoms with Crippen LogP contribution in [0.5, 0.6) is 0 Å². The lowest BCUT2D eigenvalue weighted by molar-refractivity contribution is -0.197. The zero-order chi connectivity index (χ0) is 22.2. The number of rotatable bonds is 12. The fourth-order valence-electron chi connectivity index (χ4n) is 4.07. The van der Waals surface area contributed by atoms with Gasteiger partial charge in [-0.2, -0.15) is 0 Å². The van der Waals surface area contributed by atoms with E-state index in [2.05, 4.69) is 20.8 Å². The summed E-state index contributed by atoms with van der Waals surface area (Å²) in [5, 5.41) is 0. The molecule has 0 N–H and O–H groups in total. The Balaban J connectivity index is 2.16. The molecule has 30 heavy (non-hydrogen) atoms. The van der Waals surface area contributed by atoms with Gasteiger partial charge in [-0.25, -0.2) is 0 Å². The highest BCUT2D eigenvalue weighted by Crippen LogP contribution is 2.55. The van der Waals surface area contributed by atoms with Crippen LogP contribution in [0.2, 0.25) is 0 Å². The lowest BCUT2D eigenvalue weighted by Gasteiger charge is -2.36. The molecule has 0 aromatic rings. The fourth-order valence-corrected chi connectivity index (χ4v) is 4.07. The van der Waals surface area contributed by atoms with Crippen LogP contribution >= 0.6 is 0 Å². The minimum atomic E-state index is -1.21. The second-order valence-electron chi connectivity index (χ2n) is 9.05. The summed E-state index contributed by atoms with van der Waals surface area (Å²) in [6.07, 6.45) is 10.4. The van der Waals surface area contributed by atoms with Crippen molar-refractivity contribution in [3.63, 3.8) is 0 Å². The van der Waals surface area contributed by atoms with Crippen LogP contribution in [-0.2, 0) is 28.5 Å². The number of carbonyl (C=O) groups excluding carboxylic acids is 2. The molecule has 0 aromatic carbocycles. The largest absolute Gasteiger partial charge is 0.465 e. The average Bonchev–Trinajstić information content (AvgIpc) is 3.46. The molecule has 172 valence electrons. The Morgan fingerprint density at radius 3 is 2.33 bits per heavy atom. The number of carbonyl (C=O) groups is 2. The van der Waals surface area contributed by atoms with Gasteiger partial charge in [0, 0.05) is 12.5 Å². The lowest BCUT2D eigenvalue weighted by atomic mass is 9.81. The third kappa shape index (κ3) is 6.07. The van der Waals surface area contributed by atoms with Gasteiger partial charge in [-0.1, -0.05) is 45.8 Å². The lowest BCUT2D eigenvalue weighted by Crippen LogP contribution is -2.36. The molecule has 6 heteroatoms. The van der Waals surface area contributed by atoms with Crippen molar-refractivity contribution >= 4 is 11.9 Å². The molecule has 2 aliphatic rings. The summed E-state index contributed by atoms with van der Waals surface area (Å²) in [7, 11) is 0. The van der Waals surface area contributed by atoms with Crippen LogP contribution in [0.4, 0.5) is 0 Å². The maximum Gasteiger partial charge on any atom is 0.324 e. The molecule has 3 unspecified atom stereocenters. The van der Waals surface area contributed by atoms with Gasteiger partial charge >= 0.3 is 11.9 Å². The van der Waals surface area contributed by atoms with Crippen molar-refractivity contribution in [2.75, 3.05) is 19.8 Å². The van der Waals surface area contributed by atoms with E-state index in [1.54, 1.807) is 13.8 Å². The van der Waals surface area contributed by atoms with Crippen LogP contribution in [0.25, 0.3) is 0 Å². The highest BCUT2D eigenvalue weighted by atomic mass is 16.7. The molecule has 0 bridgehead atoms. The molecule has 2 fully saturated rings. The SMILES string of the molecule is CCCCC(C)(C)C(/C=C/C1CC1(C(=O)OCC)C(=O)OCC)OC1CCCCO1. The number of allylic oxidation sites excluding steroid dienone is 1. The van der Waals surface area contributed by atoms with E-state index >= 15 is 0 Å². The zero-order valence-corrected chi connectivity index (χ0v) is 19.4. The van der Waals surface area contributed by atoms with Gasteiger partial charge in [0.05, 0.1) is 19.3 Å². The summed E-state index contributed by atoms with van der Waals surface area (Å²) in [6.45, 7) is 11.3. The van der Waals surface area contributed by atoms with E-state index in [0.29, 0.717) is 6.42 Å². The van der Waals surface area contributed by atoms with Crippen LogP contribution in [0.1, 0.15) is 79.6 Å². The first-order chi connectivity index (χ1) is 14.3. The molecule has 0 amide bonds. The van der Waals surface area contributed by atoms with E-state index in [4.69, 9.17) is 18.9 Å². The van der Waals surface area contributed by atoms with Crippen molar-refractivity contribution < 1.29 is 28.5 Å². The topological polar surface area (TPSA) is 71.1 Å². The predicted molar refractivity (Wildman–Crippen MR) is 115 cm³/mol. The van der Waals surface area contributed by atoms with Crippen LogP contribution in [0.3, 0.4) is 0 Å². The molecule has 1 saturated carbocycles. The van der Waals surface area contributed by atoms with E-state index < -0.39 is 17.4 Å².